The Morgan fingerprint density at radius 2 is 1.80 bits per heavy atom. The molecule has 0 saturated heterocycles. The summed E-state index contributed by atoms with van der Waals surface area (Å²) in [5.41, 5.74) is 2.32. The van der Waals surface area contributed by atoms with Gasteiger partial charge in [0.15, 0.2) is 6.61 Å². The number of nitrogens with zero attached hydrogens (tertiary/aromatic N) is 2. The van der Waals surface area contributed by atoms with Crippen molar-refractivity contribution in [2.24, 2.45) is 0 Å². The van der Waals surface area contributed by atoms with Crippen molar-refractivity contribution in [1.82, 2.24) is 5.32 Å². The number of nitriles is 1. The van der Waals surface area contributed by atoms with Crippen LogP contribution in [0, 0.1) is 31.0 Å². The number of carbonyl (C=O) groups excluding carboxylic acids is 3. The van der Waals surface area contributed by atoms with Crippen LogP contribution < -0.4 is 10.2 Å². The average molecular weight is 411 g/mol. The largest absolute Gasteiger partial charge is 0.454 e. The van der Waals surface area contributed by atoms with Crippen LogP contribution in [-0.4, -0.2) is 37.5 Å². The maximum absolute atomic E-state index is 13.6. The van der Waals surface area contributed by atoms with Crippen LogP contribution in [0.25, 0.3) is 0 Å². The van der Waals surface area contributed by atoms with E-state index in [-0.39, 0.29) is 18.5 Å². The zero-order valence-corrected chi connectivity index (χ0v) is 16.8. The molecular formula is C22H22FN3O4. The molecule has 2 aromatic rings. The van der Waals surface area contributed by atoms with E-state index < -0.39 is 36.8 Å². The molecule has 156 valence electrons. The summed E-state index contributed by atoms with van der Waals surface area (Å²) in [6.07, 6.45) is 0.116. The van der Waals surface area contributed by atoms with E-state index in [9.17, 15) is 18.8 Å². The molecule has 0 aliphatic rings. The minimum atomic E-state index is -0.839. The van der Waals surface area contributed by atoms with Gasteiger partial charge in [-0.2, -0.15) is 5.26 Å². The van der Waals surface area contributed by atoms with Gasteiger partial charge in [-0.25, -0.2) is 4.39 Å². The molecule has 2 amide bonds. The second kappa shape index (κ2) is 10.7. The summed E-state index contributed by atoms with van der Waals surface area (Å²) in [5.74, 6) is -2.81. The van der Waals surface area contributed by atoms with Crippen LogP contribution in [0.5, 0.6) is 0 Å². The lowest BCUT2D eigenvalue weighted by atomic mass is 10.1. The minimum Gasteiger partial charge on any atom is -0.454 e. The minimum absolute atomic E-state index is 0.116. The molecule has 0 fully saturated rings. The molecule has 2 aromatic carbocycles. The number of amides is 2. The normalized spacial score (nSPS) is 10.1. The Labute approximate surface area is 174 Å². The fraction of sp³-hybridized carbons (Fsp3) is 0.273. The van der Waals surface area contributed by atoms with E-state index in [0.29, 0.717) is 5.69 Å². The number of anilines is 1. The van der Waals surface area contributed by atoms with Crippen molar-refractivity contribution >= 4 is 23.5 Å². The molecule has 0 unspecified atom stereocenters. The predicted octanol–water partition coefficient (Wildman–Crippen LogP) is 2.66. The van der Waals surface area contributed by atoms with E-state index in [4.69, 9.17) is 10.00 Å². The van der Waals surface area contributed by atoms with Crippen LogP contribution in [0.4, 0.5) is 10.1 Å². The molecule has 30 heavy (non-hydrogen) atoms. The maximum atomic E-state index is 13.6. The van der Waals surface area contributed by atoms with Crippen LogP contribution in [0.15, 0.2) is 42.5 Å². The zero-order valence-electron chi connectivity index (χ0n) is 16.8. The third kappa shape index (κ3) is 6.41. The molecule has 0 radical (unpaired) electrons. The summed E-state index contributed by atoms with van der Waals surface area (Å²) in [7, 11) is 0. The molecule has 2 rings (SSSR count). The Hall–Kier alpha value is -3.73. The summed E-state index contributed by atoms with van der Waals surface area (Å²) in [4.78, 5) is 37.8. The van der Waals surface area contributed by atoms with Crippen molar-refractivity contribution in [2.75, 3.05) is 24.6 Å². The number of carbonyl (C=O) groups is 3. The lowest BCUT2D eigenvalue weighted by Gasteiger charge is -2.22. The molecule has 0 spiro atoms. The summed E-state index contributed by atoms with van der Waals surface area (Å²) >= 11 is 0. The second-order valence-electron chi connectivity index (χ2n) is 6.62. The first kappa shape index (κ1) is 22.6. The Morgan fingerprint density at radius 3 is 2.43 bits per heavy atom. The van der Waals surface area contributed by atoms with Gasteiger partial charge in [0.1, 0.15) is 12.4 Å². The fourth-order valence-electron chi connectivity index (χ4n) is 2.83. The number of benzene rings is 2. The van der Waals surface area contributed by atoms with Gasteiger partial charge in [-0.05, 0) is 49.2 Å². The summed E-state index contributed by atoms with van der Waals surface area (Å²) in [5, 5.41) is 11.1. The number of halogens is 1. The van der Waals surface area contributed by atoms with E-state index in [1.807, 2.05) is 26.0 Å². The molecule has 1 N–H and O–H groups in total. The third-order valence-corrected chi connectivity index (χ3v) is 4.13. The second-order valence-corrected chi connectivity index (χ2v) is 6.62. The molecule has 0 aliphatic heterocycles. The molecule has 0 aromatic heterocycles. The number of hydrogen-bond acceptors (Lipinski definition) is 5. The van der Waals surface area contributed by atoms with Crippen LogP contribution in [0.1, 0.15) is 27.9 Å². The van der Waals surface area contributed by atoms with E-state index >= 15 is 0 Å². The van der Waals surface area contributed by atoms with E-state index in [1.165, 1.54) is 23.1 Å². The van der Waals surface area contributed by atoms with Crippen molar-refractivity contribution in [2.45, 2.75) is 20.3 Å². The van der Waals surface area contributed by atoms with Crippen molar-refractivity contribution < 1.29 is 23.5 Å². The number of hydrogen-bond donors (Lipinski definition) is 1. The van der Waals surface area contributed by atoms with Gasteiger partial charge in [-0.3, -0.25) is 14.4 Å². The van der Waals surface area contributed by atoms with Gasteiger partial charge in [-0.15, -0.1) is 0 Å². The standard InChI is InChI=1S/C22H22FN3O4/c1-15-10-16(2)12-17(11-15)26(9-5-8-24)20(27)14-30-21(28)13-25-22(29)18-6-3-4-7-19(18)23/h3-4,6-7,10-12H,5,9,13-14H2,1-2H3,(H,25,29). The molecule has 7 nitrogen and oxygen atoms in total. The highest BCUT2D eigenvalue weighted by Crippen LogP contribution is 2.19. The van der Waals surface area contributed by atoms with Crippen LogP contribution in [-0.2, 0) is 14.3 Å². The van der Waals surface area contributed by atoms with Crippen molar-refractivity contribution in [3.05, 3.63) is 65.0 Å². The first-order chi connectivity index (χ1) is 14.3. The Balaban J connectivity index is 1.94. The first-order valence-corrected chi connectivity index (χ1v) is 9.25. The summed E-state index contributed by atoms with van der Waals surface area (Å²) < 4.78 is 18.5. The van der Waals surface area contributed by atoms with Gasteiger partial charge < -0.3 is 15.0 Å². The van der Waals surface area contributed by atoms with Crippen molar-refractivity contribution in [1.29, 1.82) is 5.26 Å². The van der Waals surface area contributed by atoms with Gasteiger partial charge in [-0.1, -0.05) is 18.2 Å². The topological polar surface area (TPSA) is 99.5 Å². The Kier molecular flexibility index (Phi) is 8.06. The van der Waals surface area contributed by atoms with Crippen LogP contribution in [0.3, 0.4) is 0 Å². The molecule has 0 saturated carbocycles. The van der Waals surface area contributed by atoms with Gasteiger partial charge in [0.05, 0.1) is 18.1 Å². The quantitative estimate of drug-likeness (QED) is 0.673. The lowest BCUT2D eigenvalue weighted by Crippen LogP contribution is -2.37. The van der Waals surface area contributed by atoms with Gasteiger partial charge >= 0.3 is 5.97 Å². The average Bonchev–Trinajstić information content (AvgIpc) is 2.70. The third-order valence-electron chi connectivity index (χ3n) is 4.13. The monoisotopic (exact) mass is 411 g/mol. The zero-order chi connectivity index (χ0) is 22.1. The highest BCUT2D eigenvalue weighted by molar-refractivity contribution is 5.97. The lowest BCUT2D eigenvalue weighted by molar-refractivity contribution is -0.146. The number of rotatable bonds is 8. The number of esters is 1. The highest BCUT2D eigenvalue weighted by Gasteiger charge is 2.19. The fourth-order valence-corrected chi connectivity index (χ4v) is 2.83. The van der Waals surface area contributed by atoms with E-state index in [0.717, 1.165) is 17.2 Å². The Bertz CT molecular complexity index is 964. The molecule has 0 heterocycles. The van der Waals surface area contributed by atoms with Gasteiger partial charge in [0.25, 0.3) is 11.8 Å². The predicted molar refractivity (Wildman–Crippen MR) is 108 cm³/mol. The van der Waals surface area contributed by atoms with Crippen molar-refractivity contribution in [3.63, 3.8) is 0 Å². The van der Waals surface area contributed by atoms with E-state index in [1.54, 1.807) is 12.1 Å². The Morgan fingerprint density at radius 1 is 1.13 bits per heavy atom. The molecule has 0 aliphatic carbocycles. The van der Waals surface area contributed by atoms with Gasteiger partial charge in [0, 0.05) is 12.2 Å². The number of aryl methyl sites for hydroxylation is 2. The van der Waals surface area contributed by atoms with Crippen molar-refractivity contribution in [3.8, 4) is 6.07 Å². The van der Waals surface area contributed by atoms with Crippen LogP contribution in [0.2, 0.25) is 0 Å². The van der Waals surface area contributed by atoms with Gasteiger partial charge in [0.2, 0.25) is 0 Å². The molecule has 0 bridgehead atoms. The smallest absolute Gasteiger partial charge is 0.325 e. The number of nitrogens with one attached hydrogen (secondary N) is 1. The first-order valence-electron chi connectivity index (χ1n) is 9.25. The molecular weight excluding hydrogens is 389 g/mol. The highest BCUT2D eigenvalue weighted by atomic mass is 19.1. The van der Waals surface area contributed by atoms with E-state index in [2.05, 4.69) is 5.32 Å². The van der Waals surface area contributed by atoms with Crippen LogP contribution >= 0.6 is 0 Å². The molecule has 0 atom stereocenters. The summed E-state index contributed by atoms with van der Waals surface area (Å²) in [6, 6.07) is 12.9. The SMILES string of the molecule is Cc1cc(C)cc(N(CCC#N)C(=O)COC(=O)CNC(=O)c2ccccc2F)c1. The molecule has 8 heteroatoms. The number of ether oxygens (including phenoxy) is 1. The summed E-state index contributed by atoms with van der Waals surface area (Å²) in [6.45, 7) is 2.87. The maximum Gasteiger partial charge on any atom is 0.325 e.